The monoisotopic (exact) mass is 352 g/mol. The number of rotatable bonds is 5. The topological polar surface area (TPSA) is 88.7 Å². The van der Waals surface area contributed by atoms with E-state index in [4.69, 9.17) is 10.5 Å². The third-order valence-electron chi connectivity index (χ3n) is 3.04. The molecule has 2 aromatic rings. The van der Waals surface area contributed by atoms with Crippen LogP contribution in [0.15, 0.2) is 41.4 Å². The van der Waals surface area contributed by atoms with Gasteiger partial charge < -0.3 is 21.1 Å². The Labute approximate surface area is 141 Å². The summed E-state index contributed by atoms with van der Waals surface area (Å²) in [6.45, 7) is -0.443. The number of ether oxygens (including phenoxy) is 1. The van der Waals surface area contributed by atoms with Crippen molar-refractivity contribution in [1.29, 1.82) is 0 Å². The van der Waals surface area contributed by atoms with Gasteiger partial charge in [0, 0.05) is 11.8 Å². The molecule has 4 N–H and O–H groups in total. The molecule has 0 aliphatic heterocycles. The van der Waals surface area contributed by atoms with Crippen molar-refractivity contribution in [3.8, 4) is 5.75 Å². The molecule has 0 aliphatic carbocycles. The van der Waals surface area contributed by atoms with Crippen LogP contribution in [0.25, 0.3) is 0 Å². The van der Waals surface area contributed by atoms with Gasteiger partial charge >= 0.3 is 0 Å². The molecule has 2 aromatic carbocycles. The Morgan fingerprint density at radius 3 is 2.64 bits per heavy atom. The van der Waals surface area contributed by atoms with Crippen molar-refractivity contribution in [1.82, 2.24) is 0 Å². The number of guanidine groups is 1. The third kappa shape index (κ3) is 4.87. The van der Waals surface area contributed by atoms with Crippen LogP contribution in [0.4, 0.5) is 24.5 Å². The number of nitrogens with two attached hydrogens (primary N) is 1. The molecule has 0 saturated heterocycles. The second-order valence-corrected chi connectivity index (χ2v) is 4.83. The van der Waals surface area contributed by atoms with Gasteiger partial charge in [-0.15, -0.1) is 0 Å². The van der Waals surface area contributed by atoms with Crippen LogP contribution in [0.3, 0.4) is 0 Å². The first kappa shape index (κ1) is 18.1. The minimum Gasteiger partial charge on any atom is -0.497 e. The molecule has 0 radical (unpaired) electrons. The Morgan fingerprint density at radius 1 is 1.16 bits per heavy atom. The minimum absolute atomic E-state index is 0.0610. The molecule has 2 rings (SSSR count). The second kappa shape index (κ2) is 8.04. The van der Waals surface area contributed by atoms with E-state index in [0.717, 1.165) is 6.07 Å². The predicted octanol–water partition coefficient (Wildman–Crippen LogP) is 2.48. The van der Waals surface area contributed by atoms with Crippen LogP contribution in [-0.4, -0.2) is 25.5 Å². The van der Waals surface area contributed by atoms with Crippen LogP contribution in [0, 0.1) is 17.5 Å². The van der Waals surface area contributed by atoms with E-state index in [1.54, 1.807) is 24.3 Å². The predicted molar refractivity (Wildman–Crippen MR) is 88.1 cm³/mol. The van der Waals surface area contributed by atoms with E-state index in [1.165, 1.54) is 7.11 Å². The highest BCUT2D eigenvalue weighted by atomic mass is 19.2. The minimum atomic E-state index is -1.67. The standard InChI is InChI=1S/C16H15F3N4O2/c1-25-10-4-2-3-9(7-10)22-16(20)21-8-13(24)23-12-6-5-11(17)14(18)15(12)19/h2-7H,8H2,1H3,(H,23,24)(H3,20,21,22). The summed E-state index contributed by atoms with van der Waals surface area (Å²) in [5, 5.41) is 4.83. The maximum Gasteiger partial charge on any atom is 0.246 e. The van der Waals surface area contributed by atoms with Gasteiger partial charge in [0.2, 0.25) is 5.91 Å². The lowest BCUT2D eigenvalue weighted by Gasteiger charge is -2.08. The largest absolute Gasteiger partial charge is 0.497 e. The summed E-state index contributed by atoms with van der Waals surface area (Å²) in [6.07, 6.45) is 0. The van der Waals surface area contributed by atoms with Crippen molar-refractivity contribution < 1.29 is 22.7 Å². The van der Waals surface area contributed by atoms with Gasteiger partial charge in [-0.3, -0.25) is 4.79 Å². The number of nitrogens with one attached hydrogen (secondary N) is 2. The van der Waals surface area contributed by atoms with E-state index in [1.807, 2.05) is 0 Å². The fourth-order valence-corrected chi connectivity index (χ4v) is 1.86. The quantitative estimate of drug-likeness (QED) is 0.438. The van der Waals surface area contributed by atoms with Crippen molar-refractivity contribution in [2.75, 3.05) is 24.3 Å². The molecule has 0 saturated carbocycles. The highest BCUT2D eigenvalue weighted by Crippen LogP contribution is 2.19. The number of methoxy groups -OCH3 is 1. The van der Waals surface area contributed by atoms with Gasteiger partial charge in [-0.1, -0.05) is 6.07 Å². The highest BCUT2D eigenvalue weighted by Gasteiger charge is 2.15. The van der Waals surface area contributed by atoms with Crippen LogP contribution >= 0.6 is 0 Å². The summed E-state index contributed by atoms with van der Waals surface area (Å²) in [7, 11) is 1.51. The van der Waals surface area contributed by atoms with E-state index in [9.17, 15) is 18.0 Å². The molecule has 0 fully saturated rings. The number of aliphatic imine (C=N–C) groups is 1. The summed E-state index contributed by atoms with van der Waals surface area (Å²) in [5.41, 5.74) is 5.75. The second-order valence-electron chi connectivity index (χ2n) is 4.83. The molecule has 1 amide bonds. The number of benzene rings is 2. The molecule has 132 valence electrons. The van der Waals surface area contributed by atoms with Gasteiger partial charge in [0.1, 0.15) is 12.3 Å². The zero-order valence-corrected chi connectivity index (χ0v) is 13.1. The zero-order valence-electron chi connectivity index (χ0n) is 13.1. The number of carbonyl (C=O) groups is 1. The fourth-order valence-electron chi connectivity index (χ4n) is 1.86. The van der Waals surface area contributed by atoms with Crippen LogP contribution in [0.2, 0.25) is 0 Å². The maximum atomic E-state index is 13.5. The van der Waals surface area contributed by atoms with Crippen molar-refractivity contribution >= 4 is 23.2 Å². The van der Waals surface area contributed by atoms with Gasteiger partial charge in [0.25, 0.3) is 0 Å². The van der Waals surface area contributed by atoms with Gasteiger partial charge in [-0.05, 0) is 24.3 Å². The molecule has 9 heteroatoms. The number of hydrogen-bond donors (Lipinski definition) is 3. The average molecular weight is 352 g/mol. The van der Waals surface area contributed by atoms with Crippen LogP contribution in [-0.2, 0) is 4.79 Å². The lowest BCUT2D eigenvalue weighted by atomic mass is 10.3. The number of hydrogen-bond acceptors (Lipinski definition) is 3. The van der Waals surface area contributed by atoms with Crippen molar-refractivity contribution in [3.05, 3.63) is 53.8 Å². The van der Waals surface area contributed by atoms with Crippen molar-refractivity contribution in [2.45, 2.75) is 0 Å². The SMILES string of the molecule is COc1cccc(NC(N)=NCC(=O)Nc2ccc(F)c(F)c2F)c1. The van der Waals surface area contributed by atoms with E-state index in [0.29, 0.717) is 17.5 Å². The van der Waals surface area contributed by atoms with Crippen molar-refractivity contribution in [3.63, 3.8) is 0 Å². The first-order chi connectivity index (χ1) is 11.9. The molecule has 25 heavy (non-hydrogen) atoms. The summed E-state index contributed by atoms with van der Waals surface area (Å²) in [4.78, 5) is 15.5. The Bertz CT molecular complexity index is 812. The molecule has 0 atom stereocenters. The van der Waals surface area contributed by atoms with E-state index in [-0.39, 0.29) is 5.96 Å². The van der Waals surface area contributed by atoms with E-state index in [2.05, 4.69) is 15.6 Å². The molecule has 0 aliphatic rings. The van der Waals surface area contributed by atoms with E-state index >= 15 is 0 Å². The maximum absolute atomic E-state index is 13.5. The van der Waals surface area contributed by atoms with Gasteiger partial charge in [0.05, 0.1) is 12.8 Å². The third-order valence-corrected chi connectivity index (χ3v) is 3.04. The molecule has 0 heterocycles. The Kier molecular flexibility index (Phi) is 5.83. The molecule has 0 aromatic heterocycles. The lowest BCUT2D eigenvalue weighted by molar-refractivity contribution is -0.114. The number of nitrogens with zero attached hydrogens (tertiary/aromatic N) is 1. The first-order valence-corrected chi connectivity index (χ1v) is 7.05. The summed E-state index contributed by atoms with van der Waals surface area (Å²) in [6, 6.07) is 8.46. The molecule has 0 bridgehead atoms. The molecule has 0 unspecified atom stereocenters. The normalized spacial score (nSPS) is 11.1. The Hall–Kier alpha value is -3.23. The zero-order chi connectivity index (χ0) is 18.4. The molecule has 0 spiro atoms. The highest BCUT2D eigenvalue weighted by molar-refractivity contribution is 5.97. The first-order valence-electron chi connectivity index (χ1n) is 7.05. The fraction of sp³-hybridized carbons (Fsp3) is 0.125. The summed E-state index contributed by atoms with van der Waals surface area (Å²) < 4.78 is 44.4. The number of halogens is 3. The van der Waals surface area contributed by atoms with Crippen LogP contribution < -0.4 is 21.1 Å². The number of anilines is 2. The molecular weight excluding hydrogens is 337 g/mol. The van der Waals surface area contributed by atoms with Gasteiger partial charge in [-0.25, -0.2) is 18.2 Å². The smallest absolute Gasteiger partial charge is 0.246 e. The molecular formula is C16H15F3N4O2. The Morgan fingerprint density at radius 2 is 1.92 bits per heavy atom. The summed E-state index contributed by atoms with van der Waals surface area (Å²) in [5.74, 6) is -4.71. The Balaban J connectivity index is 1.96. The number of carbonyl (C=O) groups excluding carboxylic acids is 1. The van der Waals surface area contributed by atoms with E-state index < -0.39 is 35.6 Å². The van der Waals surface area contributed by atoms with Crippen LogP contribution in [0.1, 0.15) is 0 Å². The summed E-state index contributed by atoms with van der Waals surface area (Å²) >= 11 is 0. The molecule has 6 nitrogen and oxygen atoms in total. The van der Waals surface area contributed by atoms with Gasteiger partial charge in [0.15, 0.2) is 23.4 Å². The number of amides is 1. The lowest BCUT2D eigenvalue weighted by Crippen LogP contribution is -2.25. The van der Waals surface area contributed by atoms with Crippen LogP contribution in [0.5, 0.6) is 5.75 Å². The van der Waals surface area contributed by atoms with Gasteiger partial charge in [-0.2, -0.15) is 0 Å². The average Bonchev–Trinajstić information content (AvgIpc) is 2.60. The van der Waals surface area contributed by atoms with Crippen molar-refractivity contribution in [2.24, 2.45) is 10.7 Å².